The molecule has 0 radical (unpaired) electrons. The Balaban J connectivity index is 2.04. The number of nitrogens with two attached hydrogens (primary N) is 1. The van der Waals surface area contributed by atoms with Gasteiger partial charge in [-0.1, -0.05) is 43.4 Å². The zero-order valence-electron chi connectivity index (χ0n) is 14.2. The Bertz CT molecular complexity index is 1050. The van der Waals surface area contributed by atoms with E-state index in [-0.39, 0.29) is 27.2 Å². The van der Waals surface area contributed by atoms with Crippen molar-refractivity contribution in [1.82, 2.24) is 14.8 Å². The van der Waals surface area contributed by atoms with Gasteiger partial charge in [0.25, 0.3) is 17.4 Å². The number of nitrogens with one attached hydrogen (secondary N) is 1. The lowest BCUT2D eigenvalue weighted by atomic mass is 10.1. The van der Waals surface area contributed by atoms with E-state index in [1.54, 1.807) is 24.3 Å². The van der Waals surface area contributed by atoms with Crippen molar-refractivity contribution in [2.45, 2.75) is 20.4 Å². The molecule has 2 heterocycles. The number of amides is 2. The lowest BCUT2D eigenvalue weighted by Crippen LogP contribution is -2.29. The topological polar surface area (TPSA) is 120 Å². The van der Waals surface area contributed by atoms with Crippen LogP contribution in [-0.2, 0) is 6.54 Å². The average Bonchev–Trinajstić information content (AvgIpc) is 3.06. The highest BCUT2D eigenvalue weighted by molar-refractivity contribution is 7.17. The van der Waals surface area contributed by atoms with Crippen LogP contribution in [-0.4, -0.2) is 26.6 Å². The zero-order chi connectivity index (χ0) is 18.8. The molecule has 0 fully saturated rings. The van der Waals surface area contributed by atoms with Gasteiger partial charge in [0, 0.05) is 11.9 Å². The Morgan fingerprint density at radius 1 is 1.27 bits per heavy atom. The van der Waals surface area contributed by atoms with E-state index in [0.29, 0.717) is 17.3 Å². The number of hydrogen-bond donors (Lipinski definition) is 2. The fourth-order valence-corrected chi connectivity index (χ4v) is 3.14. The maximum absolute atomic E-state index is 12.7. The first kappa shape index (κ1) is 17.7. The van der Waals surface area contributed by atoms with Crippen molar-refractivity contribution in [2.24, 2.45) is 11.7 Å². The third kappa shape index (κ3) is 3.47. The van der Waals surface area contributed by atoms with Crippen molar-refractivity contribution in [3.8, 4) is 0 Å². The molecule has 3 aromatic rings. The summed E-state index contributed by atoms with van der Waals surface area (Å²) < 4.78 is 1.30. The van der Waals surface area contributed by atoms with Gasteiger partial charge in [0.1, 0.15) is 4.88 Å². The molecule has 0 aliphatic rings. The van der Waals surface area contributed by atoms with Crippen LogP contribution in [0.15, 0.2) is 35.3 Å². The van der Waals surface area contributed by atoms with Gasteiger partial charge < -0.3 is 5.73 Å². The van der Waals surface area contributed by atoms with E-state index in [1.807, 2.05) is 13.8 Å². The molecular weight excluding hydrogens is 354 g/mol. The smallest absolute Gasteiger partial charge is 0.278 e. The minimum absolute atomic E-state index is 0.122. The van der Waals surface area contributed by atoms with Crippen molar-refractivity contribution in [2.75, 3.05) is 5.32 Å². The van der Waals surface area contributed by atoms with Gasteiger partial charge in [-0.15, -0.1) is 0 Å². The summed E-state index contributed by atoms with van der Waals surface area (Å²) in [5.41, 5.74) is 5.08. The third-order valence-corrected chi connectivity index (χ3v) is 4.52. The third-order valence-electron chi connectivity index (χ3n) is 3.59. The van der Waals surface area contributed by atoms with Gasteiger partial charge in [-0.3, -0.25) is 19.7 Å². The molecule has 0 aliphatic carbocycles. The molecule has 8 nitrogen and oxygen atoms in total. The minimum Gasteiger partial charge on any atom is -0.365 e. The molecular formula is C17H17N5O3S. The number of hydrogen-bond acceptors (Lipinski definition) is 6. The lowest BCUT2D eigenvalue weighted by molar-refractivity contribution is 0.1000. The van der Waals surface area contributed by atoms with Crippen LogP contribution in [0.1, 0.15) is 34.0 Å². The molecule has 0 unspecified atom stereocenters. The highest BCUT2D eigenvalue weighted by atomic mass is 32.1. The molecule has 2 amide bonds. The Morgan fingerprint density at radius 3 is 2.58 bits per heavy atom. The summed E-state index contributed by atoms with van der Waals surface area (Å²) in [6, 6.07) is 6.82. The van der Waals surface area contributed by atoms with Crippen LogP contribution in [0, 0.1) is 5.92 Å². The number of carbonyl (C=O) groups is 2. The number of carbonyl (C=O) groups excluding carboxylic acids is 2. The van der Waals surface area contributed by atoms with Crippen LogP contribution in [0.3, 0.4) is 0 Å². The minimum atomic E-state index is -0.614. The second kappa shape index (κ2) is 7.04. The molecule has 3 rings (SSSR count). The van der Waals surface area contributed by atoms with Crippen LogP contribution < -0.4 is 16.6 Å². The number of nitrogens with zero attached hydrogens (tertiary/aromatic N) is 3. The van der Waals surface area contributed by atoms with Gasteiger partial charge in [0.05, 0.1) is 11.6 Å². The molecule has 0 spiro atoms. The summed E-state index contributed by atoms with van der Waals surface area (Å²) in [4.78, 5) is 40.7. The Labute approximate surface area is 152 Å². The van der Waals surface area contributed by atoms with Crippen molar-refractivity contribution >= 4 is 39.1 Å². The summed E-state index contributed by atoms with van der Waals surface area (Å²) >= 11 is 0.973. The van der Waals surface area contributed by atoms with Crippen molar-refractivity contribution < 1.29 is 9.59 Å². The number of rotatable bonds is 5. The van der Waals surface area contributed by atoms with Crippen LogP contribution >= 0.6 is 11.3 Å². The summed E-state index contributed by atoms with van der Waals surface area (Å²) in [5.74, 6) is -0.935. The zero-order valence-corrected chi connectivity index (χ0v) is 15.0. The average molecular weight is 371 g/mol. The maximum Gasteiger partial charge on any atom is 0.278 e. The van der Waals surface area contributed by atoms with E-state index in [0.717, 1.165) is 11.3 Å². The highest BCUT2D eigenvalue weighted by Crippen LogP contribution is 2.20. The molecule has 134 valence electrons. The molecule has 0 aliphatic heterocycles. The van der Waals surface area contributed by atoms with Gasteiger partial charge in [0.15, 0.2) is 10.8 Å². The molecule has 26 heavy (non-hydrogen) atoms. The first-order valence-corrected chi connectivity index (χ1v) is 8.75. The summed E-state index contributed by atoms with van der Waals surface area (Å²) in [7, 11) is 0. The molecule has 0 bridgehead atoms. The predicted molar refractivity (Wildman–Crippen MR) is 99.4 cm³/mol. The van der Waals surface area contributed by atoms with Gasteiger partial charge in [-0.05, 0) is 12.0 Å². The van der Waals surface area contributed by atoms with E-state index >= 15 is 0 Å². The number of primary amides is 1. The van der Waals surface area contributed by atoms with Crippen LogP contribution in [0.4, 0.5) is 5.13 Å². The molecule has 0 atom stereocenters. The first-order chi connectivity index (χ1) is 12.4. The summed E-state index contributed by atoms with van der Waals surface area (Å²) in [5, 5.41) is 7.98. The second-order valence-electron chi connectivity index (χ2n) is 6.12. The second-order valence-corrected chi connectivity index (χ2v) is 7.15. The monoisotopic (exact) mass is 371 g/mol. The van der Waals surface area contributed by atoms with Crippen molar-refractivity contribution in [1.29, 1.82) is 0 Å². The van der Waals surface area contributed by atoms with E-state index in [2.05, 4.69) is 15.4 Å². The quantitative estimate of drug-likeness (QED) is 0.709. The standard InChI is InChI=1S/C17H17N5O3S/c1-9(2)8-22-16(25)11-6-4-3-5-10(11)13(21-22)15(24)20-17-19-7-12(26-17)14(18)23/h3-7,9H,8H2,1-2H3,(H2,18,23)(H,19,20,24). The fraction of sp³-hybridized carbons (Fsp3) is 0.235. The van der Waals surface area contributed by atoms with Gasteiger partial charge in [0.2, 0.25) is 0 Å². The van der Waals surface area contributed by atoms with E-state index in [9.17, 15) is 14.4 Å². The van der Waals surface area contributed by atoms with Crippen LogP contribution in [0.25, 0.3) is 10.8 Å². The number of fused-ring (bicyclic) bond motifs is 1. The first-order valence-electron chi connectivity index (χ1n) is 7.93. The number of aromatic nitrogens is 3. The number of thiazole rings is 1. The summed E-state index contributed by atoms with van der Waals surface area (Å²) in [6.07, 6.45) is 1.30. The SMILES string of the molecule is CC(C)Cn1nc(C(=O)Nc2ncc(C(N)=O)s2)c2ccccc2c1=O. The van der Waals surface area contributed by atoms with Crippen LogP contribution in [0.5, 0.6) is 0 Å². The van der Waals surface area contributed by atoms with E-state index in [4.69, 9.17) is 5.73 Å². The highest BCUT2D eigenvalue weighted by Gasteiger charge is 2.18. The maximum atomic E-state index is 12.7. The largest absolute Gasteiger partial charge is 0.365 e. The van der Waals surface area contributed by atoms with Crippen molar-refractivity contribution in [3.63, 3.8) is 0 Å². The van der Waals surface area contributed by atoms with E-state index in [1.165, 1.54) is 10.9 Å². The van der Waals surface area contributed by atoms with Gasteiger partial charge >= 0.3 is 0 Å². The Morgan fingerprint density at radius 2 is 1.96 bits per heavy atom. The van der Waals surface area contributed by atoms with Crippen molar-refractivity contribution in [3.05, 3.63) is 51.4 Å². The summed E-state index contributed by atoms with van der Waals surface area (Å²) in [6.45, 7) is 4.32. The predicted octanol–water partition coefficient (Wildman–Crippen LogP) is 1.86. The Hall–Kier alpha value is -3.07. The lowest BCUT2D eigenvalue weighted by Gasteiger charge is -2.12. The normalized spacial score (nSPS) is 11.0. The molecule has 0 saturated heterocycles. The van der Waals surface area contributed by atoms with Crippen LogP contribution in [0.2, 0.25) is 0 Å². The fourth-order valence-electron chi connectivity index (χ4n) is 2.47. The van der Waals surface area contributed by atoms with Gasteiger partial charge in [-0.25, -0.2) is 9.67 Å². The van der Waals surface area contributed by atoms with E-state index < -0.39 is 11.8 Å². The molecule has 2 aromatic heterocycles. The Kier molecular flexibility index (Phi) is 4.81. The molecule has 1 aromatic carbocycles. The number of benzene rings is 1. The van der Waals surface area contributed by atoms with Gasteiger partial charge in [-0.2, -0.15) is 5.10 Å². The molecule has 9 heteroatoms. The molecule has 0 saturated carbocycles. The molecule has 3 N–H and O–H groups in total. The number of anilines is 1.